The molecule has 12 heavy (non-hydrogen) atoms. The Morgan fingerprint density at radius 1 is 1.33 bits per heavy atom. The number of hydrogen-bond acceptors (Lipinski definition) is 1. The molecule has 1 aromatic rings. The van der Waals surface area contributed by atoms with Crippen LogP contribution in [-0.4, -0.2) is 4.98 Å². The van der Waals surface area contributed by atoms with Gasteiger partial charge in [0.05, 0.1) is 0 Å². The molecule has 66 valence electrons. The molecule has 1 aromatic heterocycles. The number of nitrogens with zero attached hydrogens (tertiary/aromatic N) is 1. The first kappa shape index (κ1) is 8.96. The summed E-state index contributed by atoms with van der Waals surface area (Å²) in [5, 5.41) is 0. The van der Waals surface area contributed by atoms with E-state index in [1.54, 1.807) is 0 Å². The van der Waals surface area contributed by atoms with Crippen molar-refractivity contribution in [3.8, 4) is 0 Å². The fourth-order valence-electron chi connectivity index (χ4n) is 0.781. The zero-order chi connectivity index (χ0) is 9.30. The Morgan fingerprint density at radius 2 is 1.92 bits per heavy atom. The lowest BCUT2D eigenvalue weighted by Crippen LogP contribution is -1.99. The van der Waals surface area contributed by atoms with Crippen molar-refractivity contribution in [2.75, 3.05) is 0 Å². The Kier molecular flexibility index (Phi) is 2.30. The molecule has 0 aliphatic heterocycles. The fourth-order valence-corrected chi connectivity index (χ4v) is 0.781. The van der Waals surface area contributed by atoms with Crippen LogP contribution in [0.5, 0.6) is 0 Å². The highest BCUT2D eigenvalue weighted by Gasteiger charge is 2.16. The maximum absolute atomic E-state index is 12.6. The highest BCUT2D eigenvalue weighted by Crippen LogP contribution is 2.23. The summed E-state index contributed by atoms with van der Waals surface area (Å²) in [6.45, 7) is 1.08. The van der Waals surface area contributed by atoms with Gasteiger partial charge in [-0.05, 0) is 12.5 Å². The molecule has 0 aliphatic rings. The van der Waals surface area contributed by atoms with Gasteiger partial charge in [-0.1, -0.05) is 0 Å². The molecule has 5 heteroatoms. The molecule has 0 fully saturated rings. The van der Waals surface area contributed by atoms with Gasteiger partial charge in [0.2, 0.25) is 5.95 Å². The predicted octanol–water partition coefficient (Wildman–Crippen LogP) is 2.61. The summed E-state index contributed by atoms with van der Waals surface area (Å²) in [6, 6.07) is 0. The van der Waals surface area contributed by atoms with Crippen LogP contribution in [0.2, 0.25) is 0 Å². The van der Waals surface area contributed by atoms with Crippen molar-refractivity contribution < 1.29 is 17.6 Å². The monoisotopic (exact) mass is 179 g/mol. The van der Waals surface area contributed by atoms with Gasteiger partial charge in [-0.2, -0.15) is 4.39 Å². The largest absolute Gasteiger partial charge is 0.265 e. The van der Waals surface area contributed by atoms with E-state index >= 15 is 0 Å². The van der Waals surface area contributed by atoms with Gasteiger partial charge < -0.3 is 0 Å². The molecule has 0 aromatic carbocycles. The highest BCUT2D eigenvalue weighted by atomic mass is 19.3. The molecule has 0 amide bonds. The normalized spacial score (nSPS) is 10.8. The van der Waals surface area contributed by atoms with Crippen LogP contribution in [0, 0.1) is 18.7 Å². The lowest BCUT2D eigenvalue weighted by molar-refractivity contribution is 0.149. The molecule has 0 aliphatic carbocycles. The maximum Gasteiger partial charge on any atom is 0.265 e. The Balaban J connectivity index is 3.27. The van der Waals surface area contributed by atoms with Crippen molar-refractivity contribution in [1.82, 2.24) is 4.98 Å². The molecule has 0 atom stereocenters. The van der Waals surface area contributed by atoms with E-state index in [4.69, 9.17) is 0 Å². The number of halogens is 4. The van der Waals surface area contributed by atoms with E-state index in [9.17, 15) is 17.6 Å². The molecule has 0 spiro atoms. The van der Waals surface area contributed by atoms with Crippen LogP contribution in [0.4, 0.5) is 17.6 Å². The van der Waals surface area contributed by atoms with E-state index in [-0.39, 0.29) is 0 Å². The zero-order valence-electron chi connectivity index (χ0n) is 6.11. The third-order valence-electron chi connectivity index (χ3n) is 1.50. The van der Waals surface area contributed by atoms with Crippen molar-refractivity contribution in [3.05, 3.63) is 29.1 Å². The summed E-state index contributed by atoms with van der Waals surface area (Å²) in [7, 11) is 0. The van der Waals surface area contributed by atoms with Crippen LogP contribution in [0.25, 0.3) is 0 Å². The average Bonchev–Trinajstić information content (AvgIpc) is 2.00. The molecule has 0 saturated heterocycles. The van der Waals surface area contributed by atoms with Crippen LogP contribution in [-0.2, 0) is 0 Å². The summed E-state index contributed by atoms with van der Waals surface area (Å²) >= 11 is 0. The van der Waals surface area contributed by atoms with Crippen molar-refractivity contribution in [2.45, 2.75) is 13.3 Å². The summed E-state index contributed by atoms with van der Waals surface area (Å²) < 4.78 is 48.9. The van der Waals surface area contributed by atoms with Gasteiger partial charge in [0, 0.05) is 11.8 Å². The van der Waals surface area contributed by atoms with Crippen LogP contribution >= 0.6 is 0 Å². The van der Waals surface area contributed by atoms with Crippen molar-refractivity contribution in [3.63, 3.8) is 0 Å². The van der Waals surface area contributed by atoms with Crippen LogP contribution in [0.3, 0.4) is 0 Å². The lowest BCUT2D eigenvalue weighted by atomic mass is 10.1. The first-order valence-corrected chi connectivity index (χ1v) is 3.12. The Labute approximate surface area is 66.0 Å². The van der Waals surface area contributed by atoms with E-state index in [1.807, 2.05) is 0 Å². The second kappa shape index (κ2) is 3.08. The molecule has 1 nitrogen and oxygen atoms in total. The summed E-state index contributed by atoms with van der Waals surface area (Å²) in [4.78, 5) is 2.84. The van der Waals surface area contributed by atoms with E-state index in [1.165, 1.54) is 0 Å². The molecule has 0 unspecified atom stereocenters. The molecule has 0 bridgehead atoms. The maximum atomic E-state index is 12.6. The molecule has 0 N–H and O–H groups in total. The molecule has 1 heterocycles. The van der Waals surface area contributed by atoms with E-state index in [0.717, 1.165) is 6.92 Å². The first-order chi connectivity index (χ1) is 5.54. The Morgan fingerprint density at radius 3 is 2.42 bits per heavy atom. The summed E-state index contributed by atoms with van der Waals surface area (Å²) in [5.74, 6) is -2.66. The molecule has 0 radical (unpaired) electrons. The molecular formula is C7H5F4N. The van der Waals surface area contributed by atoms with Gasteiger partial charge in [0.15, 0.2) is 5.82 Å². The second-order valence-electron chi connectivity index (χ2n) is 2.24. The third-order valence-corrected chi connectivity index (χ3v) is 1.50. The van der Waals surface area contributed by atoms with Crippen LogP contribution in [0.15, 0.2) is 6.20 Å². The predicted molar refractivity (Wildman–Crippen MR) is 33.8 cm³/mol. The standard InChI is InChI=1S/C7H5F4N/c1-3-4(6(9)10)2-12-7(11)5(3)8/h2,6H,1H3. The van der Waals surface area contributed by atoms with Gasteiger partial charge >= 0.3 is 0 Å². The molecule has 1 rings (SSSR count). The quantitative estimate of drug-likeness (QED) is 0.477. The molecular weight excluding hydrogens is 174 g/mol. The minimum Gasteiger partial charge on any atom is -0.225 e. The van der Waals surface area contributed by atoms with E-state index in [0.29, 0.717) is 6.20 Å². The SMILES string of the molecule is Cc1c(C(F)F)cnc(F)c1F. The second-order valence-corrected chi connectivity index (χ2v) is 2.24. The highest BCUT2D eigenvalue weighted by molar-refractivity contribution is 5.24. The van der Waals surface area contributed by atoms with E-state index < -0.39 is 29.3 Å². The van der Waals surface area contributed by atoms with Gasteiger partial charge in [-0.15, -0.1) is 0 Å². The number of hydrogen-bond donors (Lipinski definition) is 0. The topological polar surface area (TPSA) is 12.9 Å². The van der Waals surface area contributed by atoms with Crippen molar-refractivity contribution in [2.24, 2.45) is 0 Å². The smallest absolute Gasteiger partial charge is 0.225 e. The van der Waals surface area contributed by atoms with Crippen molar-refractivity contribution in [1.29, 1.82) is 0 Å². The minimum absolute atomic E-state index is 0.391. The van der Waals surface area contributed by atoms with Gasteiger partial charge in [0.25, 0.3) is 6.43 Å². The van der Waals surface area contributed by atoms with Gasteiger partial charge in [-0.3, -0.25) is 0 Å². The van der Waals surface area contributed by atoms with Gasteiger partial charge in [0.1, 0.15) is 0 Å². The zero-order valence-corrected chi connectivity index (χ0v) is 6.11. The Bertz CT molecular complexity index is 298. The fraction of sp³-hybridized carbons (Fsp3) is 0.286. The van der Waals surface area contributed by atoms with Crippen molar-refractivity contribution >= 4 is 0 Å². The molecule has 0 saturated carbocycles. The van der Waals surface area contributed by atoms with E-state index in [2.05, 4.69) is 4.98 Å². The first-order valence-electron chi connectivity index (χ1n) is 3.12. The van der Waals surface area contributed by atoms with Gasteiger partial charge in [-0.25, -0.2) is 18.2 Å². The minimum atomic E-state index is -2.83. The van der Waals surface area contributed by atoms with Crippen LogP contribution < -0.4 is 0 Å². The average molecular weight is 179 g/mol. The number of rotatable bonds is 1. The number of alkyl halides is 2. The third kappa shape index (κ3) is 1.39. The number of pyridine rings is 1. The lowest BCUT2D eigenvalue weighted by Gasteiger charge is -2.04. The summed E-state index contributed by atoms with van der Waals surface area (Å²) in [6.07, 6.45) is -2.19. The van der Waals surface area contributed by atoms with Crippen LogP contribution in [0.1, 0.15) is 17.6 Å². The Hall–Kier alpha value is -1.13. The number of aromatic nitrogens is 1. The summed E-state index contributed by atoms with van der Waals surface area (Å²) in [5.41, 5.74) is -0.966.